The maximum absolute atomic E-state index is 13.1. The van der Waals surface area contributed by atoms with Crippen molar-refractivity contribution >= 4 is 29.1 Å². The van der Waals surface area contributed by atoms with E-state index < -0.39 is 17.7 Å². The molecule has 1 aliphatic rings. The minimum atomic E-state index is -0.859. The average Bonchev–Trinajstić information content (AvgIpc) is 3.06. The summed E-state index contributed by atoms with van der Waals surface area (Å²) in [6.07, 6.45) is 4.84. The van der Waals surface area contributed by atoms with E-state index in [0.29, 0.717) is 28.6 Å². The minimum absolute atomic E-state index is 0.0395. The highest BCUT2D eigenvalue weighted by Crippen LogP contribution is 2.40. The lowest BCUT2D eigenvalue weighted by atomic mass is 9.98. The maximum atomic E-state index is 13.1. The molecule has 0 aliphatic carbocycles. The SMILES string of the molecule is CCOc1cc(/C(O)=C2/C(=O)C(=O)N(Cc3cccnc3)C2c2ccccn2)ccc1Cl. The van der Waals surface area contributed by atoms with E-state index in [0.717, 1.165) is 5.56 Å². The normalized spacial score (nSPS) is 17.6. The Kier molecular flexibility index (Phi) is 6.18. The fourth-order valence-electron chi connectivity index (χ4n) is 3.65. The molecule has 32 heavy (non-hydrogen) atoms. The van der Waals surface area contributed by atoms with Gasteiger partial charge in [0.25, 0.3) is 11.7 Å². The first-order valence-electron chi connectivity index (χ1n) is 10.0. The molecule has 3 aromatic rings. The Labute approximate surface area is 190 Å². The lowest BCUT2D eigenvalue weighted by Crippen LogP contribution is -2.29. The van der Waals surface area contributed by atoms with E-state index in [1.165, 1.54) is 4.90 Å². The van der Waals surface area contributed by atoms with Crippen molar-refractivity contribution in [2.75, 3.05) is 6.61 Å². The molecule has 7 nitrogen and oxygen atoms in total. The molecule has 8 heteroatoms. The maximum Gasteiger partial charge on any atom is 0.296 e. The van der Waals surface area contributed by atoms with E-state index in [9.17, 15) is 14.7 Å². The molecule has 0 spiro atoms. The molecule has 0 radical (unpaired) electrons. The molecule has 162 valence electrons. The number of amides is 1. The Morgan fingerprint density at radius 2 is 2.00 bits per heavy atom. The molecule has 1 atom stereocenters. The van der Waals surface area contributed by atoms with E-state index in [1.54, 1.807) is 61.1 Å². The first kappa shape index (κ1) is 21.5. The van der Waals surface area contributed by atoms with Crippen LogP contribution in [0.3, 0.4) is 0 Å². The van der Waals surface area contributed by atoms with Crippen LogP contribution < -0.4 is 4.74 Å². The number of carbonyl (C=O) groups excluding carboxylic acids is 2. The fraction of sp³-hybridized carbons (Fsp3) is 0.167. The van der Waals surface area contributed by atoms with Crippen molar-refractivity contribution in [2.24, 2.45) is 0 Å². The van der Waals surface area contributed by atoms with Gasteiger partial charge in [-0.1, -0.05) is 23.7 Å². The van der Waals surface area contributed by atoms with Gasteiger partial charge in [0.2, 0.25) is 0 Å². The zero-order valence-electron chi connectivity index (χ0n) is 17.2. The number of hydrogen-bond donors (Lipinski definition) is 1. The summed E-state index contributed by atoms with van der Waals surface area (Å²) in [6.45, 7) is 2.34. The predicted molar refractivity (Wildman–Crippen MR) is 119 cm³/mol. The van der Waals surface area contributed by atoms with E-state index >= 15 is 0 Å². The summed E-state index contributed by atoms with van der Waals surface area (Å²) >= 11 is 6.16. The molecule has 1 fully saturated rings. The van der Waals surface area contributed by atoms with Gasteiger partial charge in [-0.3, -0.25) is 19.6 Å². The highest BCUT2D eigenvalue weighted by molar-refractivity contribution is 6.46. The highest BCUT2D eigenvalue weighted by atomic mass is 35.5. The average molecular weight is 450 g/mol. The molecule has 1 aromatic carbocycles. The first-order chi connectivity index (χ1) is 15.5. The minimum Gasteiger partial charge on any atom is -0.507 e. The monoisotopic (exact) mass is 449 g/mol. The number of carbonyl (C=O) groups is 2. The molecule has 1 unspecified atom stereocenters. The van der Waals surface area contributed by atoms with Crippen molar-refractivity contribution in [3.8, 4) is 5.75 Å². The van der Waals surface area contributed by atoms with Crippen LogP contribution in [0.25, 0.3) is 5.76 Å². The summed E-state index contributed by atoms with van der Waals surface area (Å²) in [6, 6.07) is 12.6. The van der Waals surface area contributed by atoms with Crippen molar-refractivity contribution in [3.63, 3.8) is 0 Å². The number of nitrogens with zero attached hydrogens (tertiary/aromatic N) is 3. The fourth-order valence-corrected chi connectivity index (χ4v) is 3.82. The van der Waals surface area contributed by atoms with Crippen molar-refractivity contribution in [1.29, 1.82) is 0 Å². The van der Waals surface area contributed by atoms with Crippen LogP contribution in [-0.4, -0.2) is 38.3 Å². The van der Waals surface area contributed by atoms with Crippen LogP contribution in [0.15, 0.2) is 72.7 Å². The zero-order chi connectivity index (χ0) is 22.7. The second-order valence-corrected chi connectivity index (χ2v) is 7.53. The number of benzene rings is 1. The molecule has 4 rings (SSSR count). The van der Waals surface area contributed by atoms with E-state index in [-0.39, 0.29) is 17.9 Å². The summed E-state index contributed by atoms with van der Waals surface area (Å²) < 4.78 is 5.50. The van der Waals surface area contributed by atoms with Crippen LogP contribution >= 0.6 is 11.6 Å². The number of aliphatic hydroxyl groups excluding tert-OH is 1. The Balaban J connectivity index is 1.85. The van der Waals surface area contributed by atoms with Crippen LogP contribution in [0, 0.1) is 0 Å². The van der Waals surface area contributed by atoms with Gasteiger partial charge < -0.3 is 14.7 Å². The number of halogens is 1. The lowest BCUT2D eigenvalue weighted by molar-refractivity contribution is -0.140. The first-order valence-corrected chi connectivity index (χ1v) is 10.4. The number of pyridine rings is 2. The third-order valence-corrected chi connectivity index (χ3v) is 5.40. The summed E-state index contributed by atoms with van der Waals surface area (Å²) in [4.78, 5) is 35.9. The van der Waals surface area contributed by atoms with Gasteiger partial charge in [0.05, 0.1) is 22.9 Å². The second-order valence-electron chi connectivity index (χ2n) is 7.12. The van der Waals surface area contributed by atoms with Gasteiger partial charge in [0.1, 0.15) is 17.6 Å². The van der Waals surface area contributed by atoms with Gasteiger partial charge in [-0.05, 0) is 48.9 Å². The van der Waals surface area contributed by atoms with Gasteiger partial charge in [-0.25, -0.2) is 0 Å². The zero-order valence-corrected chi connectivity index (χ0v) is 18.0. The Bertz CT molecular complexity index is 1180. The lowest BCUT2D eigenvalue weighted by Gasteiger charge is -2.24. The summed E-state index contributed by atoms with van der Waals surface area (Å²) in [7, 11) is 0. The third kappa shape index (κ3) is 4.07. The second kappa shape index (κ2) is 9.20. The number of Topliss-reactive ketones (excluding diaryl/α,β-unsaturated/α-hetero) is 1. The third-order valence-electron chi connectivity index (χ3n) is 5.09. The Hall–Kier alpha value is -3.71. The van der Waals surface area contributed by atoms with E-state index in [4.69, 9.17) is 16.3 Å². The number of aromatic nitrogens is 2. The summed E-state index contributed by atoms with van der Waals surface area (Å²) in [5.41, 5.74) is 1.50. The number of aliphatic hydroxyl groups is 1. The van der Waals surface area contributed by atoms with E-state index in [1.807, 2.05) is 13.0 Å². The largest absolute Gasteiger partial charge is 0.507 e. The molecule has 3 heterocycles. The molecule has 1 N–H and O–H groups in total. The van der Waals surface area contributed by atoms with Gasteiger partial charge in [-0.2, -0.15) is 0 Å². The van der Waals surface area contributed by atoms with Crippen LogP contribution in [-0.2, 0) is 16.1 Å². The predicted octanol–water partition coefficient (Wildman–Crippen LogP) is 4.15. The number of hydrogen-bond acceptors (Lipinski definition) is 6. The number of ether oxygens (including phenoxy) is 1. The molecule has 1 aliphatic heterocycles. The Morgan fingerprint density at radius 1 is 1.16 bits per heavy atom. The molecular formula is C24H20ClN3O4. The molecular weight excluding hydrogens is 430 g/mol. The molecule has 1 saturated heterocycles. The van der Waals surface area contributed by atoms with Gasteiger partial charge in [0.15, 0.2) is 0 Å². The van der Waals surface area contributed by atoms with Crippen molar-refractivity contribution in [3.05, 3.63) is 94.5 Å². The topological polar surface area (TPSA) is 92.6 Å². The number of likely N-dealkylation sites (tertiary alicyclic amines) is 1. The van der Waals surface area contributed by atoms with Crippen LogP contribution in [0.4, 0.5) is 0 Å². The van der Waals surface area contributed by atoms with Crippen LogP contribution in [0.1, 0.15) is 29.8 Å². The van der Waals surface area contributed by atoms with Crippen molar-refractivity contribution in [2.45, 2.75) is 19.5 Å². The Morgan fingerprint density at radius 3 is 2.69 bits per heavy atom. The molecule has 0 bridgehead atoms. The number of ketones is 1. The quantitative estimate of drug-likeness (QED) is 0.345. The van der Waals surface area contributed by atoms with Crippen molar-refractivity contribution in [1.82, 2.24) is 14.9 Å². The molecule has 1 amide bonds. The van der Waals surface area contributed by atoms with Gasteiger partial charge in [-0.15, -0.1) is 0 Å². The smallest absolute Gasteiger partial charge is 0.296 e. The van der Waals surface area contributed by atoms with Gasteiger partial charge >= 0.3 is 0 Å². The number of rotatable bonds is 6. The van der Waals surface area contributed by atoms with Crippen LogP contribution in [0.2, 0.25) is 5.02 Å². The summed E-state index contributed by atoms with van der Waals surface area (Å²) in [5.74, 6) is -1.44. The molecule has 2 aromatic heterocycles. The standard InChI is InChI=1S/C24H20ClN3O4/c1-2-32-19-12-16(8-9-17(19)25)22(29)20-21(18-7-3-4-11-27-18)28(24(31)23(20)30)14-15-6-5-10-26-13-15/h3-13,21,29H,2,14H2,1H3/b22-20-. The van der Waals surface area contributed by atoms with Gasteiger partial charge in [0, 0.05) is 30.7 Å². The van der Waals surface area contributed by atoms with Crippen LogP contribution in [0.5, 0.6) is 5.75 Å². The van der Waals surface area contributed by atoms with Crippen molar-refractivity contribution < 1.29 is 19.4 Å². The molecule has 0 saturated carbocycles. The van der Waals surface area contributed by atoms with E-state index in [2.05, 4.69) is 9.97 Å². The summed E-state index contributed by atoms with van der Waals surface area (Å²) in [5, 5.41) is 11.5. The highest BCUT2D eigenvalue weighted by Gasteiger charge is 2.46.